The minimum absolute atomic E-state index is 0.133. The molecule has 0 aliphatic rings. The summed E-state index contributed by atoms with van der Waals surface area (Å²) in [5.41, 5.74) is 2.14. The zero-order valence-electron chi connectivity index (χ0n) is 24.1. The summed E-state index contributed by atoms with van der Waals surface area (Å²) in [7, 11) is 0. The fourth-order valence-electron chi connectivity index (χ4n) is 4.12. The third-order valence-electron chi connectivity index (χ3n) is 6.47. The van der Waals surface area contributed by atoms with E-state index in [1.165, 1.54) is 47.4 Å². The van der Waals surface area contributed by atoms with Gasteiger partial charge in [-0.1, -0.05) is 59.6 Å². The number of nitrogens with one attached hydrogen (secondary N) is 3. The van der Waals surface area contributed by atoms with Gasteiger partial charge in [0, 0.05) is 37.7 Å². The Balaban J connectivity index is 1.22. The van der Waals surface area contributed by atoms with Crippen molar-refractivity contribution in [2.45, 2.75) is 17.1 Å². The molecule has 0 bridgehead atoms. The van der Waals surface area contributed by atoms with Gasteiger partial charge >= 0.3 is 0 Å². The normalized spacial score (nSPS) is 11.9. The molecule has 0 aliphatic carbocycles. The molecule has 0 aliphatic heterocycles. The number of rotatable bonds is 10. The van der Waals surface area contributed by atoms with Crippen molar-refractivity contribution in [1.29, 1.82) is 0 Å². The van der Waals surface area contributed by atoms with E-state index in [1.54, 1.807) is 91.2 Å². The van der Waals surface area contributed by atoms with Crippen LogP contribution < -0.4 is 16.0 Å². The summed E-state index contributed by atoms with van der Waals surface area (Å²) >= 11 is 14.9. The molecule has 1 aromatic heterocycles. The molecule has 0 radical (unpaired) electrons. The topological polar surface area (TPSA) is 100 Å². The molecule has 5 aromatic rings. The quantitative estimate of drug-likeness (QED) is 0.100. The van der Waals surface area contributed by atoms with Gasteiger partial charge in [-0.05, 0) is 73.7 Å². The van der Waals surface area contributed by atoms with Crippen molar-refractivity contribution in [1.82, 2.24) is 10.3 Å². The van der Waals surface area contributed by atoms with Crippen molar-refractivity contribution >= 4 is 80.9 Å². The second-order valence-corrected chi connectivity index (χ2v) is 12.9. The first-order valence-corrected chi connectivity index (χ1v) is 16.3. The molecule has 0 fully saturated rings. The zero-order chi connectivity index (χ0) is 32.6. The standard InChI is InChI=1S/C34H25Cl2FN4O3S2/c1-20(31(42)41-34-40-30(19-45-34)26-16-11-23(35)18-27(26)36)46-25-14-12-24(13-15-25)38-33(44)29(17-22-9-5-6-10-28(22)37)39-32(43)21-7-3-2-4-8-21/h2-20H,1H3,(H,38,44)(H,39,43)(H,40,41,42)/b29-17-. The number of benzene rings is 4. The first-order chi connectivity index (χ1) is 22.2. The van der Waals surface area contributed by atoms with Gasteiger partial charge in [0.15, 0.2) is 5.13 Å². The third kappa shape index (κ3) is 8.61. The van der Waals surface area contributed by atoms with Crippen LogP contribution in [0.5, 0.6) is 0 Å². The van der Waals surface area contributed by atoms with E-state index in [1.807, 2.05) is 0 Å². The first-order valence-electron chi connectivity index (χ1n) is 13.8. The van der Waals surface area contributed by atoms with Crippen molar-refractivity contribution in [3.63, 3.8) is 0 Å². The maximum absolute atomic E-state index is 14.4. The summed E-state index contributed by atoms with van der Waals surface area (Å²) in [6.45, 7) is 1.77. The van der Waals surface area contributed by atoms with Crippen molar-refractivity contribution in [3.8, 4) is 11.3 Å². The lowest BCUT2D eigenvalue weighted by molar-refractivity contribution is -0.115. The highest BCUT2D eigenvalue weighted by Crippen LogP contribution is 2.33. The van der Waals surface area contributed by atoms with Crippen LogP contribution in [0.25, 0.3) is 17.3 Å². The summed E-state index contributed by atoms with van der Waals surface area (Å²) in [6, 6.07) is 26.3. The van der Waals surface area contributed by atoms with Gasteiger partial charge in [0.25, 0.3) is 11.8 Å². The minimum Gasteiger partial charge on any atom is -0.321 e. The predicted molar refractivity (Wildman–Crippen MR) is 185 cm³/mol. The highest BCUT2D eigenvalue weighted by Gasteiger charge is 2.19. The number of anilines is 2. The number of nitrogens with zero attached hydrogens (tertiary/aromatic N) is 1. The number of carbonyl (C=O) groups is 3. The summed E-state index contributed by atoms with van der Waals surface area (Å²) in [6.07, 6.45) is 1.28. The minimum atomic E-state index is -0.636. The molecule has 7 nitrogen and oxygen atoms in total. The second-order valence-electron chi connectivity index (χ2n) is 9.79. The highest BCUT2D eigenvalue weighted by molar-refractivity contribution is 8.00. The van der Waals surface area contributed by atoms with Crippen LogP contribution in [-0.2, 0) is 9.59 Å². The molecule has 1 heterocycles. The zero-order valence-corrected chi connectivity index (χ0v) is 27.2. The summed E-state index contributed by atoms with van der Waals surface area (Å²) in [5, 5.41) is 10.9. The Morgan fingerprint density at radius 3 is 2.35 bits per heavy atom. The van der Waals surface area contributed by atoms with Crippen molar-refractivity contribution in [2.24, 2.45) is 0 Å². The van der Waals surface area contributed by atoms with Crippen LogP contribution in [0.4, 0.5) is 15.2 Å². The van der Waals surface area contributed by atoms with Gasteiger partial charge in [0.2, 0.25) is 5.91 Å². The van der Waals surface area contributed by atoms with Gasteiger partial charge in [-0.25, -0.2) is 9.37 Å². The van der Waals surface area contributed by atoms with Crippen molar-refractivity contribution in [3.05, 3.63) is 135 Å². The number of aromatic nitrogens is 1. The Morgan fingerprint density at radius 1 is 0.913 bits per heavy atom. The molecule has 1 atom stereocenters. The van der Waals surface area contributed by atoms with Crippen LogP contribution in [0.1, 0.15) is 22.8 Å². The number of halogens is 3. The molecule has 5 rings (SSSR count). The number of hydrogen-bond acceptors (Lipinski definition) is 6. The van der Waals surface area contributed by atoms with E-state index in [2.05, 4.69) is 20.9 Å². The Morgan fingerprint density at radius 2 is 1.63 bits per heavy atom. The van der Waals surface area contributed by atoms with E-state index < -0.39 is 22.9 Å². The Bertz CT molecular complexity index is 1920. The summed E-state index contributed by atoms with van der Waals surface area (Å²) < 4.78 is 14.4. The van der Waals surface area contributed by atoms with Crippen molar-refractivity contribution < 1.29 is 18.8 Å². The van der Waals surface area contributed by atoms with E-state index in [0.717, 1.165) is 4.90 Å². The summed E-state index contributed by atoms with van der Waals surface area (Å²) in [4.78, 5) is 44.2. The molecular formula is C34H25Cl2FN4O3S2. The molecule has 1 unspecified atom stereocenters. The van der Waals surface area contributed by atoms with E-state index in [4.69, 9.17) is 23.2 Å². The lowest BCUT2D eigenvalue weighted by Crippen LogP contribution is -2.30. The molecule has 0 saturated carbocycles. The number of hydrogen-bond donors (Lipinski definition) is 3. The lowest BCUT2D eigenvalue weighted by Gasteiger charge is -2.13. The monoisotopic (exact) mass is 690 g/mol. The molecule has 4 aromatic carbocycles. The van der Waals surface area contributed by atoms with E-state index in [9.17, 15) is 18.8 Å². The largest absolute Gasteiger partial charge is 0.321 e. The summed E-state index contributed by atoms with van der Waals surface area (Å²) in [5.74, 6) is -1.92. The average molecular weight is 692 g/mol. The third-order valence-corrected chi connectivity index (χ3v) is 8.89. The van der Waals surface area contributed by atoms with Gasteiger partial charge in [0.1, 0.15) is 11.5 Å². The smallest absolute Gasteiger partial charge is 0.272 e. The molecule has 46 heavy (non-hydrogen) atoms. The fourth-order valence-corrected chi connectivity index (χ4v) is 6.21. The van der Waals surface area contributed by atoms with E-state index in [0.29, 0.717) is 37.7 Å². The SMILES string of the molecule is CC(Sc1ccc(NC(=O)/C(=C/c2ccccc2F)NC(=O)c2ccccc2)cc1)C(=O)Nc1nc(-c2ccc(Cl)cc2Cl)cs1. The fraction of sp³-hybridized carbons (Fsp3) is 0.0588. The van der Waals surface area contributed by atoms with Gasteiger partial charge in [-0.2, -0.15) is 0 Å². The molecular weight excluding hydrogens is 666 g/mol. The molecule has 3 N–H and O–H groups in total. The molecule has 3 amide bonds. The lowest BCUT2D eigenvalue weighted by atomic mass is 10.1. The number of carbonyl (C=O) groups excluding carboxylic acids is 3. The van der Waals surface area contributed by atoms with Crippen LogP contribution in [0.3, 0.4) is 0 Å². The van der Waals surface area contributed by atoms with Crippen LogP contribution in [0.15, 0.2) is 113 Å². The van der Waals surface area contributed by atoms with E-state index >= 15 is 0 Å². The first kappa shape index (κ1) is 32.9. The number of thiazole rings is 1. The predicted octanol–water partition coefficient (Wildman–Crippen LogP) is 8.78. The maximum Gasteiger partial charge on any atom is 0.272 e. The van der Waals surface area contributed by atoms with E-state index in [-0.39, 0.29) is 17.2 Å². The van der Waals surface area contributed by atoms with Gasteiger partial charge in [-0.3, -0.25) is 14.4 Å². The Hall–Kier alpha value is -4.48. The molecule has 0 saturated heterocycles. The average Bonchev–Trinajstić information content (AvgIpc) is 3.50. The van der Waals surface area contributed by atoms with Gasteiger partial charge in [0.05, 0.1) is 16.0 Å². The van der Waals surface area contributed by atoms with Crippen LogP contribution >= 0.6 is 46.3 Å². The van der Waals surface area contributed by atoms with Gasteiger partial charge in [-0.15, -0.1) is 23.1 Å². The van der Waals surface area contributed by atoms with Gasteiger partial charge < -0.3 is 16.0 Å². The highest BCUT2D eigenvalue weighted by atomic mass is 35.5. The number of amides is 3. The molecule has 12 heteroatoms. The molecule has 232 valence electrons. The van der Waals surface area contributed by atoms with Crippen molar-refractivity contribution in [2.75, 3.05) is 10.6 Å². The second kappa shape index (κ2) is 15.2. The molecule has 0 spiro atoms. The van der Waals surface area contributed by atoms with Crippen LogP contribution in [-0.4, -0.2) is 28.0 Å². The Labute approximate surface area is 282 Å². The van der Waals surface area contributed by atoms with Crippen LogP contribution in [0.2, 0.25) is 10.0 Å². The maximum atomic E-state index is 14.4. The van der Waals surface area contributed by atoms with Crippen LogP contribution in [0, 0.1) is 5.82 Å². The Kier molecular flexibility index (Phi) is 10.9. The number of thioether (sulfide) groups is 1.